The van der Waals surface area contributed by atoms with Crippen molar-refractivity contribution in [3.63, 3.8) is 0 Å². The Kier molecular flexibility index (Phi) is 7.42. The number of likely N-dealkylation sites (N-methyl/N-ethyl adjacent to an activating group) is 1. The quantitative estimate of drug-likeness (QED) is 0.530. The Morgan fingerprint density at radius 1 is 1.12 bits per heavy atom. The lowest BCUT2D eigenvalue weighted by molar-refractivity contribution is -0.139. The average Bonchev–Trinajstić information content (AvgIpc) is 2.50. The van der Waals surface area contributed by atoms with E-state index >= 15 is 0 Å². The van der Waals surface area contributed by atoms with E-state index in [1.54, 1.807) is 0 Å². The molecule has 3 N–H and O–H groups in total. The van der Waals surface area contributed by atoms with Gasteiger partial charge in [-0.2, -0.15) is 0 Å². The Balaban J connectivity index is 1.71. The van der Waals surface area contributed by atoms with Crippen LogP contribution in [0.25, 0.3) is 0 Å². The van der Waals surface area contributed by atoms with Crippen molar-refractivity contribution in [2.45, 2.75) is 70.5 Å². The summed E-state index contributed by atoms with van der Waals surface area (Å²) in [7, 11) is -3.63. The van der Waals surface area contributed by atoms with E-state index in [1.165, 1.54) is 0 Å². The Labute approximate surface area is 155 Å². The Morgan fingerprint density at radius 2 is 1.73 bits per heavy atom. The van der Waals surface area contributed by atoms with Gasteiger partial charge in [0, 0.05) is 18.1 Å². The molecule has 0 aliphatic heterocycles. The van der Waals surface area contributed by atoms with E-state index in [2.05, 4.69) is 17.0 Å². The lowest BCUT2D eigenvalue weighted by atomic mass is 9.85. The monoisotopic (exact) mass is 389 g/mol. The molecule has 150 valence electrons. The summed E-state index contributed by atoms with van der Waals surface area (Å²) in [5, 5.41) is 11.6. The topological polar surface area (TPSA) is 116 Å². The minimum absolute atomic E-state index is 0.0138. The minimum atomic E-state index is -3.63. The van der Waals surface area contributed by atoms with Gasteiger partial charge in [-0.3, -0.25) is 14.5 Å². The molecule has 1 amide bonds. The van der Waals surface area contributed by atoms with Gasteiger partial charge in [-0.1, -0.05) is 13.8 Å². The van der Waals surface area contributed by atoms with Gasteiger partial charge in [-0.25, -0.2) is 13.1 Å². The van der Waals surface area contributed by atoms with Crippen LogP contribution in [0.2, 0.25) is 0 Å². The molecule has 2 fully saturated rings. The first-order valence-corrected chi connectivity index (χ1v) is 11.1. The summed E-state index contributed by atoms with van der Waals surface area (Å²) in [4.78, 5) is 24.7. The maximum absolute atomic E-state index is 12.2. The maximum Gasteiger partial charge on any atom is 0.317 e. The molecule has 0 heterocycles. The van der Waals surface area contributed by atoms with Crippen LogP contribution >= 0.6 is 0 Å². The molecule has 0 aromatic rings. The van der Waals surface area contributed by atoms with Crippen molar-refractivity contribution in [3.8, 4) is 0 Å². The van der Waals surface area contributed by atoms with Crippen LogP contribution < -0.4 is 10.0 Å². The molecule has 0 saturated heterocycles. The Hall–Kier alpha value is -1.19. The molecule has 0 unspecified atom stereocenters. The summed E-state index contributed by atoms with van der Waals surface area (Å²) in [6.07, 6.45) is 4.97. The summed E-state index contributed by atoms with van der Waals surface area (Å²) >= 11 is 0. The average molecular weight is 390 g/mol. The van der Waals surface area contributed by atoms with Gasteiger partial charge >= 0.3 is 5.97 Å². The van der Waals surface area contributed by atoms with Crippen LogP contribution in [0, 0.1) is 5.92 Å². The van der Waals surface area contributed by atoms with Crippen LogP contribution in [0.15, 0.2) is 0 Å². The molecule has 0 spiro atoms. The van der Waals surface area contributed by atoms with Crippen LogP contribution in [0.1, 0.15) is 52.4 Å². The highest BCUT2D eigenvalue weighted by Gasteiger charge is 2.35. The molecule has 8 nitrogen and oxygen atoms in total. The molecular formula is C17H31N3O5S. The highest BCUT2D eigenvalue weighted by atomic mass is 32.2. The second-order valence-corrected chi connectivity index (χ2v) is 9.43. The molecular weight excluding hydrogens is 358 g/mol. The van der Waals surface area contributed by atoms with Crippen LogP contribution in [-0.2, 0) is 19.6 Å². The van der Waals surface area contributed by atoms with Crippen LogP contribution in [0.4, 0.5) is 0 Å². The molecule has 0 bridgehead atoms. The third kappa shape index (κ3) is 6.51. The van der Waals surface area contributed by atoms with Crippen LogP contribution in [-0.4, -0.2) is 67.3 Å². The Morgan fingerprint density at radius 3 is 2.27 bits per heavy atom. The zero-order valence-electron chi connectivity index (χ0n) is 15.6. The molecule has 0 aromatic carbocycles. The van der Waals surface area contributed by atoms with Crippen molar-refractivity contribution in [3.05, 3.63) is 0 Å². The highest BCUT2D eigenvalue weighted by molar-refractivity contribution is 7.90. The molecule has 2 saturated carbocycles. The lowest BCUT2D eigenvalue weighted by Crippen LogP contribution is -2.55. The summed E-state index contributed by atoms with van der Waals surface area (Å²) in [5.74, 6) is -1.28. The Bertz CT molecular complexity index is 596. The first-order chi connectivity index (χ1) is 12.2. The van der Waals surface area contributed by atoms with E-state index in [9.17, 15) is 18.0 Å². The zero-order chi connectivity index (χ0) is 19.3. The van der Waals surface area contributed by atoms with Crippen LogP contribution in [0.5, 0.6) is 0 Å². The molecule has 26 heavy (non-hydrogen) atoms. The van der Waals surface area contributed by atoms with E-state index in [1.807, 2.05) is 11.8 Å². The molecule has 0 aromatic heterocycles. The summed E-state index contributed by atoms with van der Waals surface area (Å²) in [6.45, 7) is 4.69. The van der Waals surface area contributed by atoms with E-state index < -0.39 is 27.7 Å². The van der Waals surface area contributed by atoms with E-state index in [-0.39, 0.29) is 24.7 Å². The SMILES string of the molecule is CCN(CC(=O)O)C1CC(NC(=O)CS(=O)(=O)NC2CCC(C)CC2)C1. The molecule has 2 rings (SSSR count). The third-order valence-electron chi connectivity index (χ3n) is 5.42. The molecule has 2 aliphatic rings. The number of carbonyl (C=O) groups is 2. The number of carboxylic acids is 1. The van der Waals surface area contributed by atoms with Crippen molar-refractivity contribution in [1.82, 2.24) is 14.9 Å². The van der Waals surface area contributed by atoms with Gasteiger partial charge in [0.2, 0.25) is 15.9 Å². The minimum Gasteiger partial charge on any atom is -0.480 e. The highest BCUT2D eigenvalue weighted by Crippen LogP contribution is 2.26. The van der Waals surface area contributed by atoms with Gasteiger partial charge in [0.1, 0.15) is 5.75 Å². The van der Waals surface area contributed by atoms with Crippen molar-refractivity contribution >= 4 is 21.9 Å². The van der Waals surface area contributed by atoms with Gasteiger partial charge in [0.05, 0.1) is 6.54 Å². The number of hydrogen-bond acceptors (Lipinski definition) is 5. The standard InChI is InChI=1S/C17H31N3O5S/c1-3-20(10-17(22)23)15-8-14(9-15)18-16(21)11-26(24,25)19-13-6-4-12(2)5-7-13/h12-15,19H,3-11H2,1-2H3,(H,18,21)(H,22,23). The molecule has 2 aliphatic carbocycles. The van der Waals surface area contributed by atoms with Gasteiger partial charge < -0.3 is 10.4 Å². The number of rotatable bonds is 9. The summed E-state index contributed by atoms with van der Waals surface area (Å²) in [5.41, 5.74) is 0. The van der Waals surface area contributed by atoms with Crippen molar-refractivity contribution < 1.29 is 23.1 Å². The summed E-state index contributed by atoms with van der Waals surface area (Å²) in [6, 6.07) is -0.0207. The molecule has 9 heteroatoms. The molecule has 0 atom stereocenters. The number of aliphatic carboxylic acids is 1. The number of carboxylic acid groups (broad SMARTS) is 1. The van der Waals surface area contributed by atoms with Gasteiger partial charge in [0.15, 0.2) is 0 Å². The predicted molar refractivity (Wildman–Crippen MR) is 98.2 cm³/mol. The third-order valence-corrected chi connectivity index (χ3v) is 6.76. The fraction of sp³-hybridized carbons (Fsp3) is 0.882. The second kappa shape index (κ2) is 9.14. The fourth-order valence-electron chi connectivity index (χ4n) is 3.79. The predicted octanol–water partition coefficient (Wildman–Crippen LogP) is 0.538. The first-order valence-electron chi connectivity index (χ1n) is 9.43. The van der Waals surface area contributed by atoms with Crippen molar-refractivity contribution in [2.75, 3.05) is 18.8 Å². The van der Waals surface area contributed by atoms with E-state index in [0.717, 1.165) is 25.7 Å². The maximum atomic E-state index is 12.2. The number of carbonyl (C=O) groups excluding carboxylic acids is 1. The number of sulfonamides is 1. The normalized spacial score (nSPS) is 29.2. The van der Waals surface area contributed by atoms with Crippen molar-refractivity contribution in [1.29, 1.82) is 0 Å². The van der Waals surface area contributed by atoms with E-state index in [0.29, 0.717) is 25.3 Å². The first kappa shape index (κ1) is 21.1. The number of nitrogens with zero attached hydrogens (tertiary/aromatic N) is 1. The van der Waals surface area contributed by atoms with Gasteiger partial charge in [0.25, 0.3) is 0 Å². The van der Waals surface area contributed by atoms with Gasteiger partial charge in [-0.05, 0) is 51.0 Å². The number of hydrogen-bond donors (Lipinski definition) is 3. The van der Waals surface area contributed by atoms with Gasteiger partial charge in [-0.15, -0.1) is 0 Å². The number of nitrogens with one attached hydrogen (secondary N) is 2. The summed E-state index contributed by atoms with van der Waals surface area (Å²) < 4.78 is 27.0. The number of amides is 1. The smallest absolute Gasteiger partial charge is 0.317 e. The molecule has 0 radical (unpaired) electrons. The van der Waals surface area contributed by atoms with Crippen LogP contribution in [0.3, 0.4) is 0 Å². The second-order valence-electron chi connectivity index (χ2n) is 7.68. The zero-order valence-corrected chi connectivity index (χ0v) is 16.4. The fourth-order valence-corrected chi connectivity index (χ4v) is 5.05. The lowest BCUT2D eigenvalue weighted by Gasteiger charge is -2.42. The van der Waals surface area contributed by atoms with E-state index in [4.69, 9.17) is 5.11 Å². The largest absolute Gasteiger partial charge is 0.480 e. The van der Waals surface area contributed by atoms with Crippen molar-refractivity contribution in [2.24, 2.45) is 5.92 Å².